The third kappa shape index (κ3) is 6.19. The third-order valence-electron chi connectivity index (χ3n) is 6.11. The van der Waals surface area contributed by atoms with Gasteiger partial charge in [0.25, 0.3) is 0 Å². The molecule has 8 heteroatoms. The molecular weight excluding hydrogens is 478 g/mol. The molecule has 0 spiro atoms. The van der Waals surface area contributed by atoms with Gasteiger partial charge >= 0.3 is 0 Å². The Bertz CT molecular complexity index is 1390. The van der Waals surface area contributed by atoms with E-state index in [0.717, 1.165) is 17.5 Å². The lowest BCUT2D eigenvalue weighted by molar-refractivity contribution is -0.128. The molecule has 0 saturated heterocycles. The Morgan fingerprint density at radius 3 is 2.29 bits per heavy atom. The molecule has 0 aliphatic carbocycles. The van der Waals surface area contributed by atoms with Gasteiger partial charge in [0.15, 0.2) is 0 Å². The SMILES string of the molecule is CCOc1ccc([C@@H](C(=O)NC(C)(C)C)N(C(=O)Cn2nnc3ccccc32)c2ccc(CC)cc2)cc1. The summed E-state index contributed by atoms with van der Waals surface area (Å²) in [6.45, 7) is 10.2. The first-order valence-electron chi connectivity index (χ1n) is 12.9. The van der Waals surface area contributed by atoms with E-state index >= 15 is 0 Å². The second-order valence-electron chi connectivity index (χ2n) is 10.2. The van der Waals surface area contributed by atoms with Crippen molar-refractivity contribution in [3.05, 3.63) is 83.9 Å². The smallest absolute Gasteiger partial charge is 0.249 e. The zero-order valence-electron chi connectivity index (χ0n) is 22.6. The number of rotatable bonds is 9. The van der Waals surface area contributed by atoms with Crippen LogP contribution in [0.4, 0.5) is 5.69 Å². The van der Waals surface area contributed by atoms with Crippen LogP contribution >= 0.6 is 0 Å². The summed E-state index contributed by atoms with van der Waals surface area (Å²) in [5, 5.41) is 11.5. The van der Waals surface area contributed by atoms with Crippen molar-refractivity contribution in [1.29, 1.82) is 0 Å². The van der Waals surface area contributed by atoms with E-state index < -0.39 is 11.6 Å². The van der Waals surface area contributed by atoms with Crippen LogP contribution in [0.25, 0.3) is 11.0 Å². The van der Waals surface area contributed by atoms with Crippen LogP contribution in [0.3, 0.4) is 0 Å². The van der Waals surface area contributed by atoms with Gasteiger partial charge in [-0.25, -0.2) is 4.68 Å². The van der Waals surface area contributed by atoms with E-state index in [2.05, 4.69) is 22.6 Å². The first kappa shape index (κ1) is 26.9. The molecule has 4 aromatic rings. The molecule has 0 fully saturated rings. The minimum atomic E-state index is -0.917. The van der Waals surface area contributed by atoms with Gasteiger partial charge in [-0.3, -0.25) is 14.5 Å². The standard InChI is InChI=1S/C30H35N5O3/c1-6-21-12-16-23(17-13-21)35(27(36)20-34-26-11-9-8-10-25(26)32-33-34)28(29(37)31-30(3,4)5)22-14-18-24(19-15-22)38-7-2/h8-19,28H,6-7,20H2,1-5H3,(H,31,37)/t28-/m0/s1. The van der Waals surface area contributed by atoms with Gasteiger partial charge in [-0.1, -0.05) is 48.5 Å². The van der Waals surface area contributed by atoms with Crippen molar-refractivity contribution >= 4 is 28.5 Å². The Morgan fingerprint density at radius 1 is 0.974 bits per heavy atom. The van der Waals surface area contributed by atoms with E-state index in [9.17, 15) is 9.59 Å². The predicted octanol–water partition coefficient (Wildman–Crippen LogP) is 5.08. The highest BCUT2D eigenvalue weighted by Crippen LogP contribution is 2.31. The van der Waals surface area contributed by atoms with Gasteiger partial charge < -0.3 is 10.1 Å². The number of fused-ring (bicyclic) bond motifs is 1. The average Bonchev–Trinajstić information content (AvgIpc) is 3.29. The van der Waals surface area contributed by atoms with E-state index in [1.165, 1.54) is 0 Å². The number of aromatic nitrogens is 3. The predicted molar refractivity (Wildman–Crippen MR) is 149 cm³/mol. The number of carbonyl (C=O) groups excluding carboxylic acids is 2. The van der Waals surface area contributed by atoms with Crippen molar-refractivity contribution < 1.29 is 14.3 Å². The molecule has 8 nitrogen and oxygen atoms in total. The van der Waals surface area contributed by atoms with Crippen molar-refractivity contribution in [1.82, 2.24) is 20.3 Å². The van der Waals surface area contributed by atoms with E-state index in [0.29, 0.717) is 29.1 Å². The summed E-state index contributed by atoms with van der Waals surface area (Å²) < 4.78 is 7.18. The van der Waals surface area contributed by atoms with E-state index in [-0.39, 0.29) is 18.4 Å². The second kappa shape index (κ2) is 11.5. The molecule has 0 aliphatic rings. The number of amides is 2. The van der Waals surface area contributed by atoms with Crippen molar-refractivity contribution in [3.63, 3.8) is 0 Å². The molecule has 3 aromatic carbocycles. The topological polar surface area (TPSA) is 89.4 Å². The summed E-state index contributed by atoms with van der Waals surface area (Å²) in [7, 11) is 0. The molecule has 4 rings (SSSR count). The Morgan fingerprint density at radius 2 is 1.66 bits per heavy atom. The summed E-state index contributed by atoms with van der Waals surface area (Å²) in [6.07, 6.45) is 0.867. The molecular formula is C30H35N5O3. The van der Waals surface area contributed by atoms with Crippen LogP contribution in [0, 0.1) is 0 Å². The van der Waals surface area contributed by atoms with Gasteiger partial charge in [0, 0.05) is 11.2 Å². The van der Waals surface area contributed by atoms with E-state index in [4.69, 9.17) is 4.74 Å². The van der Waals surface area contributed by atoms with Crippen molar-refractivity contribution in [2.45, 2.75) is 59.2 Å². The fraction of sp³-hybridized carbons (Fsp3) is 0.333. The maximum Gasteiger partial charge on any atom is 0.249 e. The van der Waals surface area contributed by atoms with Gasteiger partial charge in [0.05, 0.1) is 12.1 Å². The summed E-state index contributed by atoms with van der Waals surface area (Å²) in [6, 6.07) is 21.6. The number of para-hydroxylation sites is 1. The van der Waals surface area contributed by atoms with Crippen LogP contribution in [-0.2, 0) is 22.6 Å². The monoisotopic (exact) mass is 513 g/mol. The normalized spacial score (nSPS) is 12.2. The van der Waals surface area contributed by atoms with Crippen LogP contribution < -0.4 is 15.0 Å². The summed E-state index contributed by atoms with van der Waals surface area (Å²) in [4.78, 5) is 29.5. The summed E-state index contributed by atoms with van der Waals surface area (Å²) in [5.74, 6) is 0.136. The fourth-order valence-corrected chi connectivity index (χ4v) is 4.34. The largest absolute Gasteiger partial charge is 0.494 e. The molecule has 0 bridgehead atoms. The van der Waals surface area contributed by atoms with Gasteiger partial charge in [-0.15, -0.1) is 5.10 Å². The number of benzene rings is 3. The molecule has 1 atom stereocenters. The number of anilines is 1. The molecule has 2 amide bonds. The minimum absolute atomic E-state index is 0.0770. The number of ether oxygens (including phenoxy) is 1. The highest BCUT2D eigenvalue weighted by atomic mass is 16.5. The average molecular weight is 514 g/mol. The first-order chi connectivity index (χ1) is 18.2. The summed E-state index contributed by atoms with van der Waals surface area (Å²) >= 11 is 0. The molecule has 0 saturated carbocycles. The zero-order valence-corrected chi connectivity index (χ0v) is 22.6. The minimum Gasteiger partial charge on any atom is -0.494 e. The molecule has 0 aliphatic heterocycles. The lowest BCUT2D eigenvalue weighted by Gasteiger charge is -2.34. The lowest BCUT2D eigenvalue weighted by atomic mass is 10.00. The highest BCUT2D eigenvalue weighted by molar-refractivity contribution is 6.01. The molecule has 38 heavy (non-hydrogen) atoms. The zero-order chi connectivity index (χ0) is 27.3. The van der Waals surface area contributed by atoms with Crippen molar-refractivity contribution in [3.8, 4) is 5.75 Å². The van der Waals surface area contributed by atoms with Gasteiger partial charge in [-0.2, -0.15) is 0 Å². The number of hydrogen-bond donors (Lipinski definition) is 1. The number of nitrogens with zero attached hydrogens (tertiary/aromatic N) is 4. The van der Waals surface area contributed by atoms with Crippen molar-refractivity contribution in [2.24, 2.45) is 0 Å². The Hall–Kier alpha value is -4.20. The number of carbonyl (C=O) groups is 2. The van der Waals surface area contributed by atoms with Crippen molar-refractivity contribution in [2.75, 3.05) is 11.5 Å². The number of nitrogens with one attached hydrogen (secondary N) is 1. The Labute approximate surface area is 223 Å². The van der Waals surface area contributed by atoms with E-state index in [1.807, 2.05) is 100 Å². The summed E-state index contributed by atoms with van der Waals surface area (Å²) in [5.41, 5.74) is 3.39. The molecule has 1 N–H and O–H groups in total. The van der Waals surface area contributed by atoms with Crippen LogP contribution in [0.2, 0.25) is 0 Å². The molecule has 1 aromatic heterocycles. The Kier molecular flexibility index (Phi) is 8.10. The highest BCUT2D eigenvalue weighted by Gasteiger charge is 2.35. The van der Waals surface area contributed by atoms with Crippen LogP contribution in [0.1, 0.15) is 51.8 Å². The first-order valence-corrected chi connectivity index (χ1v) is 12.9. The van der Waals surface area contributed by atoms with Gasteiger partial charge in [0.1, 0.15) is 23.9 Å². The fourth-order valence-electron chi connectivity index (χ4n) is 4.34. The van der Waals surface area contributed by atoms with Crippen LogP contribution in [0.15, 0.2) is 72.8 Å². The third-order valence-corrected chi connectivity index (χ3v) is 6.11. The second-order valence-corrected chi connectivity index (χ2v) is 10.2. The molecule has 1 heterocycles. The number of hydrogen-bond acceptors (Lipinski definition) is 5. The quantitative estimate of drug-likeness (QED) is 0.337. The molecule has 0 unspecified atom stereocenters. The van der Waals surface area contributed by atoms with Gasteiger partial charge in [0.2, 0.25) is 11.8 Å². The van der Waals surface area contributed by atoms with E-state index in [1.54, 1.807) is 9.58 Å². The van der Waals surface area contributed by atoms with Crippen LogP contribution in [-0.4, -0.2) is 39.0 Å². The van der Waals surface area contributed by atoms with Gasteiger partial charge in [-0.05, 0) is 81.6 Å². The molecule has 198 valence electrons. The Balaban J connectivity index is 1.81. The molecule has 0 radical (unpaired) electrons. The number of aryl methyl sites for hydroxylation is 1. The maximum atomic E-state index is 14.1. The van der Waals surface area contributed by atoms with Crippen LogP contribution in [0.5, 0.6) is 5.75 Å². The lowest BCUT2D eigenvalue weighted by Crippen LogP contribution is -2.50. The maximum absolute atomic E-state index is 14.1.